The van der Waals surface area contributed by atoms with Crippen molar-refractivity contribution in [1.29, 1.82) is 0 Å². The van der Waals surface area contributed by atoms with Crippen molar-refractivity contribution in [3.63, 3.8) is 0 Å². The fourth-order valence-corrected chi connectivity index (χ4v) is 4.33. The van der Waals surface area contributed by atoms with Crippen molar-refractivity contribution in [2.75, 3.05) is 11.5 Å². The van der Waals surface area contributed by atoms with Gasteiger partial charge in [0.05, 0.1) is 18.0 Å². The SMILES string of the molecule is CCCCOc1cccc(C(=O)N2c3ccccc3Sc3ccc(Cl)cc32)c1. The Balaban J connectivity index is 1.73. The standard InChI is InChI=1S/C23H20ClNO2S/c1-2-3-13-27-18-8-6-7-16(14-18)23(26)25-19-9-4-5-10-21(19)28-22-12-11-17(24)15-20(22)25/h4-12,14-15H,2-3,13H2,1H3. The number of ether oxygens (including phenoxy) is 1. The molecule has 28 heavy (non-hydrogen) atoms. The third kappa shape index (κ3) is 3.75. The van der Waals surface area contributed by atoms with Gasteiger partial charge in [-0.15, -0.1) is 0 Å². The number of amides is 1. The van der Waals surface area contributed by atoms with Gasteiger partial charge < -0.3 is 4.74 Å². The van der Waals surface area contributed by atoms with Crippen LogP contribution in [0.1, 0.15) is 30.1 Å². The van der Waals surface area contributed by atoms with Gasteiger partial charge in [-0.05, 0) is 55.0 Å². The zero-order valence-corrected chi connectivity index (χ0v) is 17.1. The Morgan fingerprint density at radius 2 is 1.82 bits per heavy atom. The van der Waals surface area contributed by atoms with E-state index in [1.807, 2.05) is 66.7 Å². The first-order valence-electron chi connectivity index (χ1n) is 9.31. The number of rotatable bonds is 5. The maximum atomic E-state index is 13.5. The quantitative estimate of drug-likeness (QED) is 0.426. The summed E-state index contributed by atoms with van der Waals surface area (Å²) >= 11 is 7.90. The lowest BCUT2D eigenvalue weighted by molar-refractivity contribution is 0.0998. The van der Waals surface area contributed by atoms with Gasteiger partial charge in [0.1, 0.15) is 5.75 Å². The maximum Gasteiger partial charge on any atom is 0.263 e. The minimum atomic E-state index is -0.0998. The van der Waals surface area contributed by atoms with Gasteiger partial charge >= 0.3 is 0 Å². The molecule has 142 valence electrons. The second-order valence-corrected chi connectivity index (χ2v) is 8.07. The molecule has 0 radical (unpaired) electrons. The van der Waals surface area contributed by atoms with Crippen LogP contribution in [0.3, 0.4) is 0 Å². The van der Waals surface area contributed by atoms with Crippen LogP contribution in [0, 0.1) is 0 Å². The van der Waals surface area contributed by atoms with Crippen molar-refractivity contribution >= 4 is 40.6 Å². The molecule has 0 saturated carbocycles. The van der Waals surface area contributed by atoms with Crippen LogP contribution in [0.15, 0.2) is 76.5 Å². The first kappa shape index (κ1) is 18.9. The molecule has 1 aliphatic rings. The number of carbonyl (C=O) groups is 1. The number of hydrogen-bond donors (Lipinski definition) is 0. The lowest BCUT2D eigenvalue weighted by atomic mass is 10.1. The lowest BCUT2D eigenvalue weighted by Crippen LogP contribution is -2.28. The minimum absolute atomic E-state index is 0.0998. The maximum absolute atomic E-state index is 13.5. The molecule has 0 bridgehead atoms. The van der Waals surface area contributed by atoms with Crippen LogP contribution in [0.4, 0.5) is 11.4 Å². The highest BCUT2D eigenvalue weighted by Crippen LogP contribution is 2.49. The molecule has 3 aromatic rings. The molecule has 0 fully saturated rings. The Kier molecular flexibility index (Phi) is 5.60. The van der Waals surface area contributed by atoms with Crippen LogP contribution in [0.2, 0.25) is 5.02 Å². The average molecular weight is 410 g/mol. The van der Waals surface area contributed by atoms with Gasteiger partial charge in [-0.25, -0.2) is 0 Å². The van der Waals surface area contributed by atoms with E-state index < -0.39 is 0 Å². The van der Waals surface area contributed by atoms with Gasteiger partial charge in [-0.2, -0.15) is 0 Å². The molecule has 1 aliphatic heterocycles. The van der Waals surface area contributed by atoms with Gasteiger partial charge in [-0.3, -0.25) is 9.69 Å². The molecule has 0 unspecified atom stereocenters. The summed E-state index contributed by atoms with van der Waals surface area (Å²) < 4.78 is 5.79. The molecular weight excluding hydrogens is 390 g/mol. The van der Waals surface area contributed by atoms with Crippen LogP contribution in [0.25, 0.3) is 0 Å². The largest absolute Gasteiger partial charge is 0.494 e. The van der Waals surface area contributed by atoms with Crippen LogP contribution in [-0.2, 0) is 0 Å². The summed E-state index contributed by atoms with van der Waals surface area (Å²) in [7, 11) is 0. The van der Waals surface area contributed by atoms with E-state index in [-0.39, 0.29) is 5.91 Å². The number of para-hydroxylation sites is 1. The zero-order chi connectivity index (χ0) is 19.5. The molecular formula is C23H20ClNO2S. The number of fused-ring (bicyclic) bond motifs is 2. The Bertz CT molecular complexity index is 1020. The van der Waals surface area contributed by atoms with Crippen molar-refractivity contribution in [1.82, 2.24) is 0 Å². The second kappa shape index (κ2) is 8.29. The molecule has 0 spiro atoms. The van der Waals surface area contributed by atoms with Crippen molar-refractivity contribution in [3.05, 3.63) is 77.3 Å². The average Bonchev–Trinajstić information content (AvgIpc) is 2.72. The molecule has 0 aliphatic carbocycles. The van der Waals surface area contributed by atoms with E-state index in [1.54, 1.807) is 16.7 Å². The second-order valence-electron chi connectivity index (χ2n) is 6.55. The Morgan fingerprint density at radius 3 is 2.68 bits per heavy atom. The Morgan fingerprint density at radius 1 is 1.00 bits per heavy atom. The summed E-state index contributed by atoms with van der Waals surface area (Å²) in [6.07, 6.45) is 2.05. The third-order valence-electron chi connectivity index (χ3n) is 4.54. The number of unbranched alkanes of at least 4 members (excludes halogenated alkanes) is 1. The van der Waals surface area contributed by atoms with Gasteiger partial charge in [0.2, 0.25) is 0 Å². The van der Waals surface area contributed by atoms with E-state index in [0.29, 0.717) is 22.9 Å². The first-order chi connectivity index (χ1) is 13.7. The normalized spacial score (nSPS) is 12.3. The monoisotopic (exact) mass is 409 g/mol. The van der Waals surface area contributed by atoms with Crippen LogP contribution in [0.5, 0.6) is 5.75 Å². The van der Waals surface area contributed by atoms with Crippen molar-refractivity contribution in [2.24, 2.45) is 0 Å². The predicted octanol–water partition coefficient (Wildman–Crippen LogP) is 6.96. The molecule has 3 aromatic carbocycles. The van der Waals surface area contributed by atoms with Crippen LogP contribution >= 0.6 is 23.4 Å². The minimum Gasteiger partial charge on any atom is -0.494 e. The highest BCUT2D eigenvalue weighted by molar-refractivity contribution is 7.99. The van der Waals surface area contributed by atoms with Crippen molar-refractivity contribution in [2.45, 2.75) is 29.6 Å². The molecule has 0 N–H and O–H groups in total. The highest BCUT2D eigenvalue weighted by atomic mass is 35.5. The molecule has 1 amide bonds. The van der Waals surface area contributed by atoms with Gasteiger partial charge in [-0.1, -0.05) is 54.9 Å². The summed E-state index contributed by atoms with van der Waals surface area (Å²) in [6.45, 7) is 2.77. The van der Waals surface area contributed by atoms with E-state index in [2.05, 4.69) is 6.92 Å². The summed E-state index contributed by atoms with van der Waals surface area (Å²) in [5.74, 6) is 0.613. The van der Waals surface area contributed by atoms with E-state index in [9.17, 15) is 4.79 Å². The van der Waals surface area contributed by atoms with Gasteiger partial charge in [0.15, 0.2) is 0 Å². The molecule has 0 aromatic heterocycles. The number of carbonyl (C=O) groups excluding carboxylic acids is 1. The summed E-state index contributed by atoms with van der Waals surface area (Å²) in [5.41, 5.74) is 2.25. The molecule has 0 atom stereocenters. The summed E-state index contributed by atoms with van der Waals surface area (Å²) in [6, 6.07) is 21.0. The van der Waals surface area contributed by atoms with E-state index in [1.165, 1.54) is 0 Å². The third-order valence-corrected chi connectivity index (χ3v) is 5.90. The number of anilines is 2. The van der Waals surface area contributed by atoms with E-state index in [4.69, 9.17) is 16.3 Å². The smallest absolute Gasteiger partial charge is 0.263 e. The predicted molar refractivity (Wildman–Crippen MR) is 115 cm³/mol. The number of nitrogens with zero attached hydrogens (tertiary/aromatic N) is 1. The molecule has 1 heterocycles. The molecule has 5 heteroatoms. The Labute approximate surface area is 174 Å². The number of hydrogen-bond acceptors (Lipinski definition) is 3. The van der Waals surface area contributed by atoms with Gasteiger partial charge in [0.25, 0.3) is 5.91 Å². The fraction of sp³-hybridized carbons (Fsp3) is 0.174. The van der Waals surface area contributed by atoms with Crippen molar-refractivity contribution in [3.8, 4) is 5.75 Å². The number of halogens is 1. The van der Waals surface area contributed by atoms with Crippen LogP contribution in [-0.4, -0.2) is 12.5 Å². The summed E-state index contributed by atoms with van der Waals surface area (Å²) in [4.78, 5) is 17.3. The number of benzene rings is 3. The molecule has 0 saturated heterocycles. The lowest BCUT2D eigenvalue weighted by Gasteiger charge is -2.31. The fourth-order valence-electron chi connectivity index (χ4n) is 3.13. The Hall–Kier alpha value is -2.43. The zero-order valence-electron chi connectivity index (χ0n) is 15.5. The first-order valence-corrected chi connectivity index (χ1v) is 10.5. The topological polar surface area (TPSA) is 29.5 Å². The van der Waals surface area contributed by atoms with E-state index >= 15 is 0 Å². The highest BCUT2D eigenvalue weighted by Gasteiger charge is 2.29. The van der Waals surface area contributed by atoms with Gasteiger partial charge in [0, 0.05) is 20.4 Å². The summed E-state index contributed by atoms with van der Waals surface area (Å²) in [5, 5.41) is 0.605. The molecule has 3 nitrogen and oxygen atoms in total. The molecule has 4 rings (SSSR count). The van der Waals surface area contributed by atoms with Crippen LogP contribution < -0.4 is 9.64 Å². The van der Waals surface area contributed by atoms with E-state index in [0.717, 1.165) is 34.0 Å². The van der Waals surface area contributed by atoms with Crippen molar-refractivity contribution < 1.29 is 9.53 Å².